The van der Waals surface area contributed by atoms with Gasteiger partial charge in [-0.15, -0.1) is 0 Å². The number of halogens is 1. The third-order valence-electron chi connectivity index (χ3n) is 3.92. The summed E-state index contributed by atoms with van der Waals surface area (Å²) in [6, 6.07) is 7.28. The Morgan fingerprint density at radius 1 is 1.42 bits per heavy atom. The third kappa shape index (κ3) is 4.17. The van der Waals surface area contributed by atoms with Crippen molar-refractivity contribution < 1.29 is 19.2 Å². The van der Waals surface area contributed by atoms with E-state index in [9.17, 15) is 9.90 Å². The van der Waals surface area contributed by atoms with Crippen LogP contribution in [0.15, 0.2) is 28.8 Å². The molecule has 138 valence electrons. The second-order valence-electron chi connectivity index (χ2n) is 6.03. The van der Waals surface area contributed by atoms with E-state index in [-0.39, 0.29) is 13.2 Å². The Morgan fingerprint density at radius 3 is 2.92 bits per heavy atom. The van der Waals surface area contributed by atoms with Crippen LogP contribution < -0.4 is 10.1 Å². The molecular formula is C18H20ClN3O4. The van der Waals surface area contributed by atoms with Crippen LogP contribution in [0.3, 0.4) is 0 Å². The maximum Gasteiger partial charge on any atom is 0.249 e. The van der Waals surface area contributed by atoms with Crippen molar-refractivity contribution in [1.82, 2.24) is 15.5 Å². The van der Waals surface area contributed by atoms with Gasteiger partial charge in [0.05, 0.1) is 17.3 Å². The van der Waals surface area contributed by atoms with E-state index < -0.39 is 12.0 Å². The Bertz CT molecular complexity index is 918. The Kier molecular flexibility index (Phi) is 5.49. The fraction of sp³-hybridized carbons (Fsp3) is 0.333. The number of benzene rings is 1. The molecular weight excluding hydrogens is 358 g/mol. The number of hydrogen-bond acceptors (Lipinski definition) is 5. The van der Waals surface area contributed by atoms with Crippen LogP contribution in [0, 0.1) is 6.92 Å². The molecule has 0 unspecified atom stereocenters. The third-order valence-corrected chi connectivity index (χ3v) is 4.21. The molecule has 3 rings (SSSR count). The van der Waals surface area contributed by atoms with E-state index in [1.807, 2.05) is 13.0 Å². The Hall–Kier alpha value is -2.51. The minimum Gasteiger partial charge on any atom is -0.484 e. The molecule has 7 nitrogen and oxygen atoms in total. The predicted octanol–water partition coefficient (Wildman–Crippen LogP) is 3.08. The van der Waals surface area contributed by atoms with Gasteiger partial charge in [-0.2, -0.15) is 0 Å². The van der Waals surface area contributed by atoms with Crippen molar-refractivity contribution in [2.45, 2.75) is 39.5 Å². The number of fused-ring (bicyclic) bond motifs is 1. The number of rotatable bonds is 7. The second kappa shape index (κ2) is 7.80. The van der Waals surface area contributed by atoms with E-state index in [1.54, 1.807) is 25.1 Å². The van der Waals surface area contributed by atoms with Gasteiger partial charge in [-0.3, -0.25) is 4.79 Å². The van der Waals surface area contributed by atoms with E-state index in [1.165, 1.54) is 0 Å². The number of aromatic amines is 1. The second-order valence-corrected chi connectivity index (χ2v) is 6.44. The maximum atomic E-state index is 11.7. The predicted molar refractivity (Wildman–Crippen MR) is 97.0 cm³/mol. The van der Waals surface area contributed by atoms with E-state index >= 15 is 0 Å². The van der Waals surface area contributed by atoms with Gasteiger partial charge in [0.1, 0.15) is 18.5 Å². The minimum absolute atomic E-state index is 0.227. The summed E-state index contributed by atoms with van der Waals surface area (Å²) >= 11 is 6.28. The lowest BCUT2D eigenvalue weighted by atomic mass is 10.2. The number of nitrogens with one attached hydrogen (secondary N) is 2. The molecule has 3 N–H and O–H groups in total. The summed E-state index contributed by atoms with van der Waals surface area (Å²) in [6.07, 6.45) is -0.618. The molecule has 3 aromatic rings. The first kappa shape index (κ1) is 18.3. The SMILES string of the molecule is CC[C@@H](O)C(=O)NCc1cc2cc(Cl)c(OCc3cc(C)no3)cc2[nH]1. The summed E-state index contributed by atoms with van der Waals surface area (Å²) in [6.45, 7) is 4.10. The molecule has 0 aliphatic heterocycles. The molecule has 0 radical (unpaired) electrons. The molecule has 2 aromatic heterocycles. The zero-order valence-electron chi connectivity index (χ0n) is 14.5. The summed E-state index contributed by atoms with van der Waals surface area (Å²) in [5.41, 5.74) is 2.42. The molecule has 0 aliphatic carbocycles. The molecule has 2 heterocycles. The summed E-state index contributed by atoms with van der Waals surface area (Å²) < 4.78 is 10.8. The highest BCUT2D eigenvalue weighted by Crippen LogP contribution is 2.31. The molecule has 0 spiro atoms. The first-order valence-corrected chi connectivity index (χ1v) is 8.66. The van der Waals surface area contributed by atoms with E-state index in [2.05, 4.69) is 15.5 Å². The van der Waals surface area contributed by atoms with Crippen LogP contribution in [0.2, 0.25) is 5.02 Å². The lowest BCUT2D eigenvalue weighted by Gasteiger charge is -2.07. The fourth-order valence-electron chi connectivity index (χ4n) is 2.52. The van der Waals surface area contributed by atoms with Crippen LogP contribution in [0.5, 0.6) is 5.75 Å². The number of nitrogens with zero attached hydrogens (tertiary/aromatic N) is 1. The number of amides is 1. The smallest absolute Gasteiger partial charge is 0.249 e. The first-order valence-electron chi connectivity index (χ1n) is 8.28. The van der Waals surface area contributed by atoms with Gasteiger partial charge in [-0.05, 0) is 25.5 Å². The lowest BCUT2D eigenvalue weighted by Crippen LogP contribution is -2.33. The minimum atomic E-state index is -0.992. The number of H-pyrrole nitrogens is 1. The number of aryl methyl sites for hydroxylation is 1. The normalized spacial score (nSPS) is 12.3. The molecule has 26 heavy (non-hydrogen) atoms. The van der Waals surface area contributed by atoms with Crippen LogP contribution in [0.25, 0.3) is 10.9 Å². The van der Waals surface area contributed by atoms with E-state index in [0.717, 1.165) is 22.3 Å². The van der Waals surface area contributed by atoms with Crippen molar-refractivity contribution in [3.05, 3.63) is 46.4 Å². The molecule has 0 bridgehead atoms. The summed E-state index contributed by atoms with van der Waals surface area (Å²) in [5, 5.41) is 17.4. The van der Waals surface area contributed by atoms with Crippen molar-refractivity contribution in [2.24, 2.45) is 0 Å². The van der Waals surface area contributed by atoms with Crippen LogP contribution >= 0.6 is 11.6 Å². The fourth-order valence-corrected chi connectivity index (χ4v) is 2.74. The Labute approximate surface area is 155 Å². The summed E-state index contributed by atoms with van der Waals surface area (Å²) in [4.78, 5) is 14.9. The number of hydrogen-bond donors (Lipinski definition) is 3. The highest BCUT2D eigenvalue weighted by atomic mass is 35.5. The van der Waals surface area contributed by atoms with Crippen molar-refractivity contribution in [1.29, 1.82) is 0 Å². The topological polar surface area (TPSA) is 100 Å². The van der Waals surface area contributed by atoms with Gasteiger partial charge in [0.2, 0.25) is 5.91 Å². The number of aliphatic hydroxyl groups excluding tert-OH is 1. The molecule has 8 heteroatoms. The van der Waals surface area contributed by atoms with Gasteiger partial charge in [-0.25, -0.2) is 0 Å². The zero-order valence-corrected chi connectivity index (χ0v) is 15.3. The van der Waals surface area contributed by atoms with Crippen LogP contribution in [-0.2, 0) is 17.9 Å². The number of aromatic nitrogens is 2. The molecule has 1 amide bonds. The number of carbonyl (C=O) groups is 1. The number of aliphatic hydroxyl groups is 1. The van der Waals surface area contributed by atoms with Crippen molar-refractivity contribution in [3.8, 4) is 5.75 Å². The average Bonchev–Trinajstić information content (AvgIpc) is 3.22. The zero-order chi connectivity index (χ0) is 18.7. The van der Waals surface area contributed by atoms with Gasteiger partial charge >= 0.3 is 0 Å². The maximum absolute atomic E-state index is 11.7. The van der Waals surface area contributed by atoms with E-state index in [4.69, 9.17) is 20.9 Å². The largest absolute Gasteiger partial charge is 0.484 e. The standard InChI is InChI=1S/C18H20ClN3O4/c1-3-16(23)18(24)20-8-12-5-11-6-14(19)17(7-15(11)21-12)25-9-13-4-10(2)22-26-13/h4-7,16,21,23H,3,8-9H2,1-2H3,(H,20,24)/t16-/m1/s1. The van der Waals surface area contributed by atoms with E-state index in [0.29, 0.717) is 23.0 Å². The summed E-state index contributed by atoms with van der Waals surface area (Å²) in [5.74, 6) is 0.741. The number of carbonyl (C=O) groups excluding carboxylic acids is 1. The van der Waals surface area contributed by atoms with Gasteiger partial charge < -0.3 is 24.7 Å². The van der Waals surface area contributed by atoms with Gasteiger partial charge in [-0.1, -0.05) is 23.7 Å². The highest BCUT2D eigenvalue weighted by molar-refractivity contribution is 6.32. The van der Waals surface area contributed by atoms with Crippen LogP contribution in [0.1, 0.15) is 30.5 Å². The molecule has 0 fully saturated rings. The van der Waals surface area contributed by atoms with Crippen molar-refractivity contribution in [2.75, 3.05) is 0 Å². The van der Waals surface area contributed by atoms with Gasteiger partial charge in [0.25, 0.3) is 0 Å². The number of ether oxygens (including phenoxy) is 1. The Morgan fingerprint density at radius 2 is 2.23 bits per heavy atom. The quantitative estimate of drug-likeness (QED) is 0.587. The summed E-state index contributed by atoms with van der Waals surface area (Å²) in [7, 11) is 0. The molecule has 0 saturated heterocycles. The van der Waals surface area contributed by atoms with Crippen LogP contribution in [-0.4, -0.2) is 27.3 Å². The van der Waals surface area contributed by atoms with Crippen LogP contribution in [0.4, 0.5) is 0 Å². The molecule has 1 atom stereocenters. The lowest BCUT2D eigenvalue weighted by molar-refractivity contribution is -0.129. The van der Waals surface area contributed by atoms with Gasteiger partial charge in [0.15, 0.2) is 5.76 Å². The Balaban J connectivity index is 1.70. The average molecular weight is 378 g/mol. The molecule has 1 aromatic carbocycles. The molecule has 0 aliphatic rings. The van der Waals surface area contributed by atoms with Crippen molar-refractivity contribution in [3.63, 3.8) is 0 Å². The highest BCUT2D eigenvalue weighted by Gasteiger charge is 2.13. The molecule has 0 saturated carbocycles. The monoisotopic (exact) mass is 377 g/mol. The first-order chi connectivity index (χ1) is 12.5. The van der Waals surface area contributed by atoms with Gasteiger partial charge in [0, 0.05) is 28.7 Å². The van der Waals surface area contributed by atoms with Crippen molar-refractivity contribution >= 4 is 28.4 Å².